The lowest BCUT2D eigenvalue weighted by atomic mass is 10.1. The van der Waals surface area contributed by atoms with Gasteiger partial charge in [0.05, 0.1) is 5.71 Å². The molecule has 0 aliphatic heterocycles. The van der Waals surface area contributed by atoms with Crippen LogP contribution in [0.25, 0.3) is 0 Å². The quantitative estimate of drug-likeness (QED) is 0.641. The molecule has 6 heteroatoms. The molecule has 0 saturated carbocycles. The summed E-state index contributed by atoms with van der Waals surface area (Å²) < 4.78 is 5.53. The van der Waals surface area contributed by atoms with E-state index in [4.69, 9.17) is 15.6 Å². The average molecular weight is 327 g/mol. The molecule has 0 spiro atoms. The summed E-state index contributed by atoms with van der Waals surface area (Å²) in [7, 11) is 1.62. The lowest BCUT2D eigenvalue weighted by Gasteiger charge is -2.13. The minimum Gasteiger partial charge on any atom is -0.479 e. The highest BCUT2D eigenvalue weighted by Crippen LogP contribution is 2.18. The molecule has 0 bridgehead atoms. The molecule has 0 aromatic heterocycles. The fourth-order valence-corrected chi connectivity index (χ4v) is 1.86. The van der Waals surface area contributed by atoms with E-state index in [0.29, 0.717) is 10.2 Å². The molecule has 0 aliphatic carbocycles. The van der Waals surface area contributed by atoms with Crippen molar-refractivity contribution in [3.63, 3.8) is 0 Å². The second-order valence-electron chi connectivity index (χ2n) is 3.71. The van der Waals surface area contributed by atoms with E-state index in [1.54, 1.807) is 7.05 Å². The number of benzene rings is 1. The number of aliphatic imine (C=N–C) groups is 1. The summed E-state index contributed by atoms with van der Waals surface area (Å²) in [5, 5.41) is 8.78. The van der Waals surface area contributed by atoms with Gasteiger partial charge < -0.3 is 15.6 Å². The summed E-state index contributed by atoms with van der Waals surface area (Å²) in [6.45, 7) is 1.40. The van der Waals surface area contributed by atoms with E-state index in [2.05, 4.69) is 20.9 Å². The van der Waals surface area contributed by atoms with Crippen molar-refractivity contribution in [1.82, 2.24) is 0 Å². The van der Waals surface area contributed by atoms with Crippen LogP contribution in [0.4, 0.5) is 0 Å². The zero-order valence-electron chi connectivity index (χ0n) is 10.6. The van der Waals surface area contributed by atoms with Crippen molar-refractivity contribution < 1.29 is 14.6 Å². The van der Waals surface area contributed by atoms with E-state index in [1.807, 2.05) is 30.3 Å². The second kappa shape index (κ2) is 6.94. The molecule has 102 valence electrons. The first-order valence-corrected chi connectivity index (χ1v) is 6.34. The van der Waals surface area contributed by atoms with Gasteiger partial charge in [-0.1, -0.05) is 30.3 Å². The summed E-state index contributed by atoms with van der Waals surface area (Å²) in [4.78, 5) is 14.9. The Morgan fingerprint density at radius 2 is 2.00 bits per heavy atom. The normalized spacial score (nSPS) is 14.6. The molecule has 1 atom stereocenters. The Morgan fingerprint density at radius 1 is 1.42 bits per heavy atom. The third-order valence-electron chi connectivity index (χ3n) is 2.35. The maximum absolute atomic E-state index is 10.7. The molecule has 5 nitrogen and oxygen atoms in total. The molecule has 0 radical (unpaired) electrons. The Kier molecular flexibility index (Phi) is 5.57. The Balaban J connectivity index is 3.02. The number of carboxylic acids is 1. The molecule has 1 unspecified atom stereocenters. The van der Waals surface area contributed by atoms with E-state index in [1.165, 1.54) is 6.92 Å². The molecule has 1 aromatic carbocycles. The van der Waals surface area contributed by atoms with Crippen molar-refractivity contribution in [2.45, 2.75) is 13.0 Å². The number of carbonyl (C=O) groups is 1. The van der Waals surface area contributed by atoms with Crippen LogP contribution in [-0.2, 0) is 9.53 Å². The van der Waals surface area contributed by atoms with Crippen LogP contribution in [-0.4, -0.2) is 29.9 Å². The molecule has 0 heterocycles. The number of rotatable bonds is 5. The van der Waals surface area contributed by atoms with Crippen LogP contribution in [0, 0.1) is 0 Å². The van der Waals surface area contributed by atoms with Gasteiger partial charge in [0.2, 0.25) is 5.88 Å². The molecule has 0 saturated heterocycles. The minimum absolute atomic E-state index is 0.0145. The highest BCUT2D eigenvalue weighted by atomic mass is 79.9. The van der Waals surface area contributed by atoms with Crippen LogP contribution >= 0.6 is 15.9 Å². The first-order valence-electron chi connectivity index (χ1n) is 5.54. The predicted molar refractivity (Wildman–Crippen MR) is 77.2 cm³/mol. The van der Waals surface area contributed by atoms with Crippen molar-refractivity contribution >= 4 is 27.6 Å². The highest BCUT2D eigenvalue weighted by Gasteiger charge is 2.17. The van der Waals surface area contributed by atoms with Crippen LogP contribution in [0.15, 0.2) is 45.7 Å². The molecule has 0 aliphatic rings. The largest absolute Gasteiger partial charge is 0.479 e. The lowest BCUT2D eigenvalue weighted by molar-refractivity contribution is -0.146. The number of hydrogen-bond acceptors (Lipinski definition) is 4. The zero-order valence-corrected chi connectivity index (χ0v) is 12.2. The maximum atomic E-state index is 10.7. The number of aliphatic carboxylic acids is 1. The third-order valence-corrected chi connectivity index (χ3v) is 3.11. The number of hydrogen-bond donors (Lipinski definition) is 2. The Hall–Kier alpha value is -1.82. The van der Waals surface area contributed by atoms with E-state index < -0.39 is 12.1 Å². The molecular weight excluding hydrogens is 312 g/mol. The lowest BCUT2D eigenvalue weighted by Crippen LogP contribution is -2.23. The summed E-state index contributed by atoms with van der Waals surface area (Å²) in [6.07, 6.45) is -1.03. The molecule has 0 amide bonds. The van der Waals surface area contributed by atoms with Gasteiger partial charge >= 0.3 is 5.97 Å². The highest BCUT2D eigenvalue weighted by molar-refractivity contribution is 9.12. The Labute approximate surface area is 119 Å². The Morgan fingerprint density at radius 3 is 2.47 bits per heavy atom. The van der Waals surface area contributed by atoms with Gasteiger partial charge in [0.1, 0.15) is 4.48 Å². The summed E-state index contributed by atoms with van der Waals surface area (Å²) in [5.74, 6) is -1.10. The standard InChI is InChI=1S/C13H15BrN2O3/c1-8(13(17)18)19-12(15)10(14)11(16-2)9-6-4-3-5-7-9/h3-8H,15H2,1-2H3,(H,17,18). The van der Waals surface area contributed by atoms with Crippen molar-refractivity contribution in [2.24, 2.45) is 10.7 Å². The monoisotopic (exact) mass is 326 g/mol. The number of nitrogens with zero attached hydrogens (tertiary/aromatic N) is 1. The maximum Gasteiger partial charge on any atom is 0.344 e. The van der Waals surface area contributed by atoms with E-state index >= 15 is 0 Å². The topological polar surface area (TPSA) is 84.9 Å². The summed E-state index contributed by atoms with van der Waals surface area (Å²) in [6, 6.07) is 9.38. The number of ether oxygens (including phenoxy) is 1. The minimum atomic E-state index is -1.09. The van der Waals surface area contributed by atoms with Crippen molar-refractivity contribution in [3.05, 3.63) is 46.3 Å². The van der Waals surface area contributed by atoms with E-state index in [-0.39, 0.29) is 5.88 Å². The molecule has 19 heavy (non-hydrogen) atoms. The van der Waals surface area contributed by atoms with Gasteiger partial charge in [-0.15, -0.1) is 0 Å². The Bertz CT molecular complexity index is 512. The SMILES string of the molecule is CN=C(C(Br)=C(N)OC(C)C(=O)O)c1ccccc1. The van der Waals surface area contributed by atoms with Gasteiger partial charge in [-0.3, -0.25) is 4.99 Å². The summed E-state index contributed by atoms with van der Waals surface area (Å²) >= 11 is 3.29. The molecule has 0 fully saturated rings. The predicted octanol–water partition coefficient (Wildman–Crippen LogP) is 2.12. The van der Waals surface area contributed by atoms with Gasteiger partial charge in [0.25, 0.3) is 0 Å². The van der Waals surface area contributed by atoms with Gasteiger partial charge in [-0.2, -0.15) is 0 Å². The second-order valence-corrected chi connectivity index (χ2v) is 4.51. The van der Waals surface area contributed by atoms with Gasteiger partial charge in [-0.25, -0.2) is 4.79 Å². The van der Waals surface area contributed by atoms with Crippen LogP contribution in [0.5, 0.6) is 0 Å². The molecule has 1 aromatic rings. The number of carboxylic acid groups (broad SMARTS) is 1. The average Bonchev–Trinajstić information content (AvgIpc) is 2.40. The first-order chi connectivity index (χ1) is 8.97. The first kappa shape index (κ1) is 15.2. The fraction of sp³-hybridized carbons (Fsp3) is 0.231. The van der Waals surface area contributed by atoms with Crippen LogP contribution in [0.3, 0.4) is 0 Å². The van der Waals surface area contributed by atoms with Gasteiger partial charge in [0, 0.05) is 12.6 Å². The van der Waals surface area contributed by atoms with Crippen LogP contribution in [0.1, 0.15) is 12.5 Å². The number of halogens is 1. The number of nitrogens with two attached hydrogens (primary N) is 1. The van der Waals surface area contributed by atoms with Gasteiger partial charge in [-0.05, 0) is 22.9 Å². The van der Waals surface area contributed by atoms with Gasteiger partial charge in [0.15, 0.2) is 6.10 Å². The zero-order chi connectivity index (χ0) is 14.4. The van der Waals surface area contributed by atoms with Crippen LogP contribution < -0.4 is 5.73 Å². The molecule has 1 rings (SSSR count). The van der Waals surface area contributed by atoms with Crippen LogP contribution in [0.2, 0.25) is 0 Å². The van der Waals surface area contributed by atoms with E-state index in [0.717, 1.165) is 5.56 Å². The van der Waals surface area contributed by atoms with Crippen molar-refractivity contribution in [2.75, 3.05) is 7.05 Å². The molecule has 3 N–H and O–H groups in total. The number of allylic oxidation sites excluding steroid dienone is 1. The smallest absolute Gasteiger partial charge is 0.344 e. The van der Waals surface area contributed by atoms with E-state index in [9.17, 15) is 4.79 Å². The van der Waals surface area contributed by atoms with Crippen molar-refractivity contribution in [3.8, 4) is 0 Å². The third kappa shape index (κ3) is 4.10. The molecular formula is C13H15BrN2O3. The summed E-state index contributed by atoms with van der Waals surface area (Å²) in [5.41, 5.74) is 7.18. The fourth-order valence-electron chi connectivity index (χ4n) is 1.36. The van der Waals surface area contributed by atoms with Crippen molar-refractivity contribution in [1.29, 1.82) is 0 Å².